The molecule has 0 atom stereocenters. The molecule has 3 heteroatoms. The van der Waals surface area contributed by atoms with Crippen molar-refractivity contribution in [3.8, 4) is 17.0 Å². The highest BCUT2D eigenvalue weighted by molar-refractivity contribution is 5.62. The molecule has 0 saturated heterocycles. The van der Waals surface area contributed by atoms with Crippen molar-refractivity contribution < 1.29 is 4.74 Å². The van der Waals surface area contributed by atoms with Crippen molar-refractivity contribution in [2.75, 3.05) is 7.05 Å². The van der Waals surface area contributed by atoms with Crippen LogP contribution in [0, 0.1) is 6.92 Å². The van der Waals surface area contributed by atoms with E-state index in [4.69, 9.17) is 4.74 Å². The van der Waals surface area contributed by atoms with Crippen LogP contribution in [0.1, 0.15) is 25.1 Å². The van der Waals surface area contributed by atoms with E-state index in [-0.39, 0.29) is 6.10 Å². The van der Waals surface area contributed by atoms with Gasteiger partial charge in [-0.15, -0.1) is 0 Å². The first-order valence-corrected chi connectivity index (χ1v) is 6.70. The van der Waals surface area contributed by atoms with Crippen molar-refractivity contribution in [2.24, 2.45) is 0 Å². The summed E-state index contributed by atoms with van der Waals surface area (Å²) in [6.07, 6.45) is 0.209. The molecule has 0 aliphatic carbocycles. The van der Waals surface area contributed by atoms with E-state index in [9.17, 15) is 0 Å². The van der Waals surface area contributed by atoms with E-state index in [1.807, 2.05) is 33.0 Å². The van der Waals surface area contributed by atoms with Gasteiger partial charge in [0.2, 0.25) is 0 Å². The number of hydrogen-bond acceptors (Lipinski definition) is 2. The number of aromatic amines is 1. The molecule has 1 aromatic carbocycles. The Bertz CT molecular complexity index is 526. The molecule has 0 amide bonds. The summed E-state index contributed by atoms with van der Waals surface area (Å²) in [6, 6.07) is 10.4. The van der Waals surface area contributed by atoms with Crippen molar-refractivity contribution in [3.05, 3.63) is 41.6 Å². The second-order valence-electron chi connectivity index (χ2n) is 5.05. The van der Waals surface area contributed by atoms with E-state index in [1.54, 1.807) is 0 Å². The summed E-state index contributed by atoms with van der Waals surface area (Å²) in [5.74, 6) is 0.914. The van der Waals surface area contributed by atoms with Gasteiger partial charge in [0.15, 0.2) is 0 Å². The van der Waals surface area contributed by atoms with Crippen LogP contribution in [0.25, 0.3) is 11.3 Å². The van der Waals surface area contributed by atoms with Gasteiger partial charge in [-0.3, -0.25) is 0 Å². The molecule has 0 unspecified atom stereocenters. The van der Waals surface area contributed by atoms with E-state index in [0.717, 1.165) is 18.0 Å². The van der Waals surface area contributed by atoms with Gasteiger partial charge in [0.25, 0.3) is 0 Å². The molecule has 0 spiro atoms. The minimum atomic E-state index is 0.209. The predicted molar refractivity (Wildman–Crippen MR) is 79.5 cm³/mol. The largest absolute Gasteiger partial charge is 0.491 e. The second-order valence-corrected chi connectivity index (χ2v) is 5.05. The van der Waals surface area contributed by atoms with Crippen LogP contribution in [-0.2, 0) is 6.54 Å². The van der Waals surface area contributed by atoms with Gasteiger partial charge in [0, 0.05) is 17.9 Å². The molecule has 0 fully saturated rings. The maximum absolute atomic E-state index is 5.65. The lowest BCUT2D eigenvalue weighted by Crippen LogP contribution is -2.05. The number of H-pyrrole nitrogens is 1. The Kier molecular flexibility index (Phi) is 4.27. The van der Waals surface area contributed by atoms with Gasteiger partial charge in [-0.2, -0.15) is 0 Å². The molecule has 3 nitrogen and oxygen atoms in total. The molecule has 0 aliphatic rings. The SMILES string of the molecule is CNCc1cc(-c2ccc(OC(C)C)cc2)[nH]c1C. The third-order valence-electron chi connectivity index (χ3n) is 3.03. The van der Waals surface area contributed by atoms with Crippen LogP contribution >= 0.6 is 0 Å². The molecule has 0 saturated carbocycles. The Morgan fingerprint density at radius 2 is 1.89 bits per heavy atom. The number of ether oxygens (including phenoxy) is 1. The minimum absolute atomic E-state index is 0.209. The van der Waals surface area contributed by atoms with Crippen LogP contribution < -0.4 is 10.1 Å². The summed E-state index contributed by atoms with van der Waals surface area (Å²) in [6.45, 7) is 7.06. The molecule has 102 valence electrons. The lowest BCUT2D eigenvalue weighted by Gasteiger charge is -2.09. The lowest BCUT2D eigenvalue weighted by molar-refractivity contribution is 0.242. The summed E-state index contributed by atoms with van der Waals surface area (Å²) < 4.78 is 5.65. The molecule has 0 bridgehead atoms. The lowest BCUT2D eigenvalue weighted by atomic mass is 10.1. The summed E-state index contributed by atoms with van der Waals surface area (Å²) in [5, 5.41) is 3.18. The molecule has 2 rings (SSSR count). The van der Waals surface area contributed by atoms with Crippen LogP contribution in [0.2, 0.25) is 0 Å². The monoisotopic (exact) mass is 258 g/mol. The number of rotatable bonds is 5. The number of aromatic nitrogens is 1. The maximum Gasteiger partial charge on any atom is 0.119 e. The van der Waals surface area contributed by atoms with Crippen molar-refractivity contribution in [1.29, 1.82) is 0 Å². The fraction of sp³-hybridized carbons (Fsp3) is 0.375. The first kappa shape index (κ1) is 13.7. The van der Waals surface area contributed by atoms with Gasteiger partial charge >= 0.3 is 0 Å². The van der Waals surface area contributed by atoms with Gasteiger partial charge in [-0.1, -0.05) is 0 Å². The average Bonchev–Trinajstić information content (AvgIpc) is 2.72. The zero-order valence-corrected chi connectivity index (χ0v) is 12.1. The molecule has 1 aromatic heterocycles. The highest BCUT2D eigenvalue weighted by Crippen LogP contribution is 2.24. The van der Waals surface area contributed by atoms with Crippen molar-refractivity contribution in [3.63, 3.8) is 0 Å². The van der Waals surface area contributed by atoms with Crippen molar-refractivity contribution in [1.82, 2.24) is 10.3 Å². The zero-order valence-electron chi connectivity index (χ0n) is 12.1. The summed E-state index contributed by atoms with van der Waals surface area (Å²) in [7, 11) is 1.96. The van der Waals surface area contributed by atoms with Gasteiger partial charge in [-0.05, 0) is 69.3 Å². The first-order valence-electron chi connectivity index (χ1n) is 6.70. The van der Waals surface area contributed by atoms with Gasteiger partial charge in [-0.25, -0.2) is 0 Å². The number of aryl methyl sites for hydroxylation is 1. The number of benzene rings is 1. The average molecular weight is 258 g/mol. The van der Waals surface area contributed by atoms with E-state index in [0.29, 0.717) is 0 Å². The molecular formula is C16H22N2O. The maximum atomic E-state index is 5.65. The molecule has 1 heterocycles. The van der Waals surface area contributed by atoms with E-state index < -0.39 is 0 Å². The predicted octanol–water partition coefficient (Wildman–Crippen LogP) is 3.50. The fourth-order valence-electron chi connectivity index (χ4n) is 2.12. The zero-order chi connectivity index (χ0) is 13.8. The third-order valence-corrected chi connectivity index (χ3v) is 3.03. The Hall–Kier alpha value is -1.74. The summed E-state index contributed by atoms with van der Waals surface area (Å²) in [5.41, 5.74) is 4.85. The molecule has 0 aliphatic heterocycles. The van der Waals surface area contributed by atoms with E-state index >= 15 is 0 Å². The number of nitrogens with one attached hydrogen (secondary N) is 2. The molecule has 2 N–H and O–H groups in total. The van der Waals surface area contributed by atoms with Gasteiger partial charge in [0.05, 0.1) is 6.10 Å². The minimum Gasteiger partial charge on any atom is -0.491 e. The normalized spacial score (nSPS) is 11.0. The molecule has 2 aromatic rings. The summed E-state index contributed by atoms with van der Waals surface area (Å²) in [4.78, 5) is 3.43. The fourth-order valence-corrected chi connectivity index (χ4v) is 2.12. The number of hydrogen-bond donors (Lipinski definition) is 2. The van der Waals surface area contributed by atoms with E-state index in [1.165, 1.54) is 16.8 Å². The van der Waals surface area contributed by atoms with Gasteiger partial charge < -0.3 is 15.0 Å². The highest BCUT2D eigenvalue weighted by atomic mass is 16.5. The smallest absolute Gasteiger partial charge is 0.119 e. The molecular weight excluding hydrogens is 236 g/mol. The van der Waals surface area contributed by atoms with Crippen LogP contribution in [0.3, 0.4) is 0 Å². The highest BCUT2D eigenvalue weighted by Gasteiger charge is 2.06. The molecule has 19 heavy (non-hydrogen) atoms. The first-order chi connectivity index (χ1) is 9.10. The standard InChI is InChI=1S/C16H22N2O/c1-11(2)19-15-7-5-13(6-8-15)16-9-14(10-17-4)12(3)18-16/h5-9,11,17-18H,10H2,1-4H3. The van der Waals surface area contributed by atoms with Crippen LogP contribution in [-0.4, -0.2) is 18.1 Å². The van der Waals surface area contributed by atoms with Crippen LogP contribution in [0.15, 0.2) is 30.3 Å². The Balaban J connectivity index is 2.19. The Morgan fingerprint density at radius 1 is 1.21 bits per heavy atom. The summed E-state index contributed by atoms with van der Waals surface area (Å²) >= 11 is 0. The van der Waals surface area contributed by atoms with E-state index in [2.05, 4.69) is 35.4 Å². The van der Waals surface area contributed by atoms with Crippen molar-refractivity contribution in [2.45, 2.75) is 33.4 Å². The molecule has 0 radical (unpaired) electrons. The Morgan fingerprint density at radius 3 is 2.47 bits per heavy atom. The topological polar surface area (TPSA) is 37.0 Å². The third kappa shape index (κ3) is 3.38. The van der Waals surface area contributed by atoms with Crippen LogP contribution in [0.4, 0.5) is 0 Å². The van der Waals surface area contributed by atoms with Crippen LogP contribution in [0.5, 0.6) is 5.75 Å². The van der Waals surface area contributed by atoms with Gasteiger partial charge in [0.1, 0.15) is 5.75 Å². The van der Waals surface area contributed by atoms with Crippen molar-refractivity contribution >= 4 is 0 Å². The Labute approximate surface area is 115 Å². The second kappa shape index (κ2) is 5.93. The quantitative estimate of drug-likeness (QED) is 0.861.